The summed E-state index contributed by atoms with van der Waals surface area (Å²) >= 11 is 0. The first kappa shape index (κ1) is 11.8. The van der Waals surface area contributed by atoms with Gasteiger partial charge in [-0.25, -0.2) is 0 Å². The van der Waals surface area contributed by atoms with Gasteiger partial charge >= 0.3 is 0 Å². The second-order valence-corrected chi connectivity index (χ2v) is 4.40. The fourth-order valence-electron chi connectivity index (χ4n) is 2.37. The second-order valence-electron chi connectivity index (χ2n) is 4.40. The lowest BCUT2D eigenvalue weighted by atomic mass is 9.76. The van der Waals surface area contributed by atoms with E-state index in [0.717, 1.165) is 38.5 Å². The summed E-state index contributed by atoms with van der Waals surface area (Å²) in [6.45, 7) is 0. The van der Waals surface area contributed by atoms with Crippen LogP contribution in [0.4, 0.5) is 0 Å². The third-order valence-electron chi connectivity index (χ3n) is 3.26. The van der Waals surface area contributed by atoms with Gasteiger partial charge in [0.05, 0.1) is 12.1 Å². The molecule has 0 amide bonds. The van der Waals surface area contributed by atoms with Crippen molar-refractivity contribution in [3.05, 3.63) is 12.2 Å². The molecule has 0 spiro atoms. The van der Waals surface area contributed by atoms with Crippen molar-refractivity contribution in [2.24, 2.45) is 5.41 Å². The van der Waals surface area contributed by atoms with E-state index in [0.29, 0.717) is 18.3 Å². The molecule has 0 atom stereocenters. The van der Waals surface area contributed by atoms with Gasteiger partial charge in [-0.2, -0.15) is 10.5 Å². The van der Waals surface area contributed by atoms with Crippen LogP contribution in [0.1, 0.15) is 51.4 Å². The molecular weight excluding hydrogens is 184 g/mol. The van der Waals surface area contributed by atoms with Crippen LogP contribution in [0.5, 0.6) is 0 Å². The number of nitrogens with zero attached hydrogens (tertiary/aromatic N) is 2. The predicted molar refractivity (Wildman–Crippen MR) is 59.7 cm³/mol. The summed E-state index contributed by atoms with van der Waals surface area (Å²) in [4.78, 5) is 0. The van der Waals surface area contributed by atoms with Crippen molar-refractivity contribution >= 4 is 0 Å². The molecule has 0 aromatic heterocycles. The Balaban J connectivity index is 2.34. The van der Waals surface area contributed by atoms with Crippen LogP contribution >= 0.6 is 0 Å². The minimum Gasteiger partial charge on any atom is -0.198 e. The molecule has 80 valence electrons. The zero-order valence-corrected chi connectivity index (χ0v) is 9.21. The Morgan fingerprint density at radius 1 is 0.933 bits per heavy atom. The van der Waals surface area contributed by atoms with E-state index in [9.17, 15) is 0 Å². The van der Waals surface area contributed by atoms with Gasteiger partial charge < -0.3 is 0 Å². The Kier molecular flexibility index (Phi) is 4.91. The van der Waals surface area contributed by atoms with Gasteiger partial charge in [0, 0.05) is 12.8 Å². The number of rotatable bonds is 6. The molecule has 1 aliphatic rings. The summed E-state index contributed by atoms with van der Waals surface area (Å²) in [5, 5.41) is 17.1. The van der Waals surface area contributed by atoms with Crippen molar-refractivity contribution in [2.45, 2.75) is 51.4 Å². The largest absolute Gasteiger partial charge is 0.198 e. The summed E-state index contributed by atoms with van der Waals surface area (Å²) in [5.41, 5.74) is 0.383. The lowest BCUT2D eigenvalue weighted by Crippen LogP contribution is -2.16. The van der Waals surface area contributed by atoms with E-state index in [1.165, 1.54) is 0 Å². The molecule has 2 nitrogen and oxygen atoms in total. The van der Waals surface area contributed by atoms with Crippen molar-refractivity contribution < 1.29 is 0 Å². The average Bonchev–Trinajstić information content (AvgIpc) is 2.68. The van der Waals surface area contributed by atoms with Crippen LogP contribution in [0, 0.1) is 28.1 Å². The number of hydrogen-bond donors (Lipinski definition) is 0. The van der Waals surface area contributed by atoms with E-state index in [1.54, 1.807) is 0 Å². The second kappa shape index (κ2) is 6.25. The summed E-state index contributed by atoms with van der Waals surface area (Å²) in [6, 6.07) is 4.41. The average molecular weight is 202 g/mol. The van der Waals surface area contributed by atoms with Crippen LogP contribution in [0.3, 0.4) is 0 Å². The Morgan fingerprint density at radius 2 is 1.40 bits per heavy atom. The highest BCUT2D eigenvalue weighted by molar-refractivity contribution is 5.03. The van der Waals surface area contributed by atoms with Gasteiger partial charge in [0.2, 0.25) is 0 Å². The maximum absolute atomic E-state index is 8.53. The fraction of sp³-hybridized carbons (Fsp3) is 0.692. The molecule has 0 aromatic rings. The van der Waals surface area contributed by atoms with Gasteiger partial charge in [-0.3, -0.25) is 0 Å². The molecule has 0 fully saturated rings. The minimum absolute atomic E-state index is 0.383. The van der Waals surface area contributed by atoms with Gasteiger partial charge in [-0.15, -0.1) is 0 Å². The summed E-state index contributed by atoms with van der Waals surface area (Å²) in [6.07, 6.45) is 12.4. The van der Waals surface area contributed by atoms with Crippen molar-refractivity contribution in [3.8, 4) is 12.1 Å². The standard InChI is InChI=1S/C13H18N2/c14-11-5-3-9-13(7-1-2-8-13)10-4-6-12-15/h1-2H,3-10H2. The van der Waals surface area contributed by atoms with Crippen LogP contribution < -0.4 is 0 Å². The maximum atomic E-state index is 8.53. The van der Waals surface area contributed by atoms with E-state index >= 15 is 0 Å². The van der Waals surface area contributed by atoms with E-state index in [2.05, 4.69) is 24.3 Å². The van der Waals surface area contributed by atoms with Crippen molar-refractivity contribution in [1.29, 1.82) is 10.5 Å². The fourth-order valence-corrected chi connectivity index (χ4v) is 2.37. The molecule has 0 bridgehead atoms. The van der Waals surface area contributed by atoms with Gasteiger partial charge in [0.15, 0.2) is 0 Å². The summed E-state index contributed by atoms with van der Waals surface area (Å²) in [7, 11) is 0. The minimum atomic E-state index is 0.383. The molecule has 0 aromatic carbocycles. The van der Waals surface area contributed by atoms with Crippen molar-refractivity contribution in [3.63, 3.8) is 0 Å². The van der Waals surface area contributed by atoms with Gasteiger partial charge in [0.25, 0.3) is 0 Å². The highest BCUT2D eigenvalue weighted by atomic mass is 14.3. The molecule has 0 radical (unpaired) electrons. The zero-order valence-electron chi connectivity index (χ0n) is 9.21. The van der Waals surface area contributed by atoms with Gasteiger partial charge in [-0.1, -0.05) is 12.2 Å². The molecule has 0 saturated carbocycles. The molecule has 0 N–H and O–H groups in total. The Hall–Kier alpha value is -1.28. The smallest absolute Gasteiger partial charge is 0.0621 e. The third-order valence-corrected chi connectivity index (χ3v) is 3.26. The highest BCUT2D eigenvalue weighted by Crippen LogP contribution is 2.42. The van der Waals surface area contributed by atoms with E-state index in [-0.39, 0.29) is 0 Å². The summed E-state index contributed by atoms with van der Waals surface area (Å²) in [5.74, 6) is 0. The van der Waals surface area contributed by atoms with Crippen LogP contribution in [-0.4, -0.2) is 0 Å². The molecule has 0 heterocycles. The Morgan fingerprint density at radius 3 is 1.80 bits per heavy atom. The molecule has 0 saturated heterocycles. The number of unbranched alkanes of at least 4 members (excludes halogenated alkanes) is 2. The lowest BCUT2D eigenvalue weighted by molar-refractivity contribution is 0.248. The Bertz CT molecular complexity index is 261. The zero-order chi connectivity index (χ0) is 11.0. The molecule has 0 aliphatic heterocycles. The molecule has 1 aliphatic carbocycles. The first-order chi connectivity index (χ1) is 7.33. The van der Waals surface area contributed by atoms with Crippen LogP contribution in [0.2, 0.25) is 0 Å². The molecule has 2 heteroatoms. The molecule has 15 heavy (non-hydrogen) atoms. The molecule has 1 rings (SSSR count). The van der Waals surface area contributed by atoms with Gasteiger partial charge in [-0.05, 0) is 43.9 Å². The van der Waals surface area contributed by atoms with Crippen molar-refractivity contribution in [1.82, 2.24) is 0 Å². The predicted octanol–water partition coefficient (Wildman–Crippen LogP) is 3.71. The van der Waals surface area contributed by atoms with Gasteiger partial charge in [0.1, 0.15) is 0 Å². The highest BCUT2D eigenvalue weighted by Gasteiger charge is 2.29. The maximum Gasteiger partial charge on any atom is 0.0621 e. The first-order valence-electron chi connectivity index (χ1n) is 5.72. The number of nitriles is 2. The SMILES string of the molecule is N#CCCCC1(CCCC#N)CC=CC1. The number of hydrogen-bond acceptors (Lipinski definition) is 2. The number of allylic oxidation sites excluding steroid dienone is 2. The Labute approximate surface area is 92.2 Å². The van der Waals surface area contributed by atoms with E-state index in [1.807, 2.05) is 0 Å². The summed E-state index contributed by atoms with van der Waals surface area (Å²) < 4.78 is 0. The normalized spacial score (nSPS) is 17.2. The molecule has 0 unspecified atom stereocenters. The van der Waals surface area contributed by atoms with Crippen LogP contribution in [0.25, 0.3) is 0 Å². The molecular formula is C13H18N2. The lowest BCUT2D eigenvalue weighted by Gasteiger charge is -2.28. The van der Waals surface area contributed by atoms with Crippen molar-refractivity contribution in [2.75, 3.05) is 0 Å². The first-order valence-corrected chi connectivity index (χ1v) is 5.72. The van der Waals surface area contributed by atoms with Crippen LogP contribution in [-0.2, 0) is 0 Å². The third kappa shape index (κ3) is 3.76. The van der Waals surface area contributed by atoms with E-state index in [4.69, 9.17) is 10.5 Å². The quantitative estimate of drug-likeness (QED) is 0.487. The van der Waals surface area contributed by atoms with Crippen LogP contribution in [0.15, 0.2) is 12.2 Å². The van der Waals surface area contributed by atoms with E-state index < -0.39 is 0 Å². The topological polar surface area (TPSA) is 47.6 Å². The monoisotopic (exact) mass is 202 g/mol.